The first-order valence-electron chi connectivity index (χ1n) is 8.27. The van der Waals surface area contributed by atoms with Crippen LogP contribution in [0, 0.1) is 13.8 Å². The van der Waals surface area contributed by atoms with Gasteiger partial charge in [-0.25, -0.2) is 0 Å². The molecule has 1 aromatic carbocycles. The molecule has 3 aromatic rings. The predicted molar refractivity (Wildman–Crippen MR) is 98.3 cm³/mol. The number of likely N-dealkylation sites (N-methyl/N-ethyl adjacent to an activating group) is 1. The lowest BCUT2D eigenvalue weighted by molar-refractivity contribution is -0.131. The fourth-order valence-electron chi connectivity index (χ4n) is 2.63. The minimum absolute atomic E-state index is 0.0621. The van der Waals surface area contributed by atoms with E-state index in [1.165, 1.54) is 0 Å². The second-order valence-corrected chi connectivity index (χ2v) is 6.95. The Labute approximate surface area is 151 Å². The van der Waals surface area contributed by atoms with E-state index in [1.807, 2.05) is 38.3 Å². The molecule has 0 atom stereocenters. The van der Waals surface area contributed by atoms with Crippen LogP contribution >= 0.6 is 11.3 Å². The maximum absolute atomic E-state index is 12.7. The number of nitrogens with zero attached hydrogens (tertiary/aromatic N) is 3. The van der Waals surface area contributed by atoms with Crippen LogP contribution in [0.15, 0.2) is 40.2 Å². The summed E-state index contributed by atoms with van der Waals surface area (Å²) in [6.07, 6.45) is 0.382. The van der Waals surface area contributed by atoms with Gasteiger partial charge in [-0.1, -0.05) is 35.0 Å². The van der Waals surface area contributed by atoms with Crippen molar-refractivity contribution in [2.75, 3.05) is 6.54 Å². The van der Waals surface area contributed by atoms with E-state index in [2.05, 4.69) is 28.3 Å². The number of thiophene rings is 1. The smallest absolute Gasteiger partial charge is 0.246 e. The molecule has 0 unspecified atom stereocenters. The predicted octanol–water partition coefficient (Wildman–Crippen LogP) is 4.01. The van der Waals surface area contributed by atoms with Crippen molar-refractivity contribution in [1.82, 2.24) is 15.0 Å². The number of aromatic nitrogens is 2. The first-order valence-corrected chi connectivity index (χ1v) is 9.15. The molecular formula is C19H21N3O2S. The van der Waals surface area contributed by atoms with Crippen LogP contribution in [-0.4, -0.2) is 27.5 Å². The SMILES string of the molecule is CCN(Cc1nc(-c2cccs2)no1)C(=O)Cc1cc(C)ccc1C. The van der Waals surface area contributed by atoms with Crippen molar-refractivity contribution in [3.05, 3.63) is 58.3 Å². The molecule has 0 aliphatic rings. The Morgan fingerprint density at radius 1 is 1.28 bits per heavy atom. The van der Waals surface area contributed by atoms with Gasteiger partial charge < -0.3 is 9.42 Å². The molecule has 0 saturated carbocycles. The monoisotopic (exact) mass is 355 g/mol. The van der Waals surface area contributed by atoms with Crippen LogP contribution in [0.5, 0.6) is 0 Å². The molecule has 130 valence electrons. The Hall–Kier alpha value is -2.47. The van der Waals surface area contributed by atoms with Crippen LogP contribution in [0.25, 0.3) is 10.7 Å². The molecule has 5 nitrogen and oxygen atoms in total. The molecule has 1 amide bonds. The minimum Gasteiger partial charge on any atom is -0.337 e. The van der Waals surface area contributed by atoms with E-state index in [0.717, 1.165) is 21.6 Å². The summed E-state index contributed by atoms with van der Waals surface area (Å²) in [6, 6.07) is 10.1. The third kappa shape index (κ3) is 4.14. The number of benzene rings is 1. The van der Waals surface area contributed by atoms with E-state index in [1.54, 1.807) is 16.2 Å². The van der Waals surface area contributed by atoms with Crippen LogP contribution in [0.2, 0.25) is 0 Å². The third-order valence-electron chi connectivity index (χ3n) is 4.12. The number of amides is 1. The highest BCUT2D eigenvalue weighted by Gasteiger charge is 2.18. The summed E-state index contributed by atoms with van der Waals surface area (Å²) in [5, 5.41) is 5.97. The minimum atomic E-state index is 0.0621. The van der Waals surface area contributed by atoms with Gasteiger partial charge in [0.05, 0.1) is 17.8 Å². The fourth-order valence-corrected chi connectivity index (χ4v) is 3.28. The lowest BCUT2D eigenvalue weighted by atomic mass is 10.0. The van der Waals surface area contributed by atoms with Crippen molar-refractivity contribution in [3.63, 3.8) is 0 Å². The van der Waals surface area contributed by atoms with Crippen molar-refractivity contribution in [1.29, 1.82) is 0 Å². The van der Waals surface area contributed by atoms with Crippen LogP contribution in [0.1, 0.15) is 29.5 Å². The quantitative estimate of drug-likeness (QED) is 0.670. The van der Waals surface area contributed by atoms with Crippen molar-refractivity contribution < 1.29 is 9.32 Å². The standard InChI is InChI=1S/C19H21N3O2S/c1-4-22(18(23)11-15-10-13(2)7-8-14(15)3)12-17-20-19(21-24-17)16-6-5-9-25-16/h5-10H,4,11-12H2,1-3H3. The molecule has 2 heterocycles. The summed E-state index contributed by atoms with van der Waals surface area (Å²) in [5.41, 5.74) is 3.36. The average molecular weight is 355 g/mol. The van der Waals surface area contributed by atoms with Crippen LogP contribution < -0.4 is 0 Å². The summed E-state index contributed by atoms with van der Waals surface area (Å²) in [5.74, 6) is 1.09. The van der Waals surface area contributed by atoms with Gasteiger partial charge >= 0.3 is 0 Å². The molecule has 0 bridgehead atoms. The summed E-state index contributed by atoms with van der Waals surface area (Å²) in [7, 11) is 0. The van der Waals surface area contributed by atoms with Gasteiger partial charge in [-0.05, 0) is 43.3 Å². The van der Waals surface area contributed by atoms with Crippen molar-refractivity contribution in [3.8, 4) is 10.7 Å². The zero-order chi connectivity index (χ0) is 17.8. The number of hydrogen-bond donors (Lipinski definition) is 0. The molecule has 0 spiro atoms. The van der Waals surface area contributed by atoms with Gasteiger partial charge in [-0.2, -0.15) is 4.98 Å². The van der Waals surface area contributed by atoms with E-state index in [0.29, 0.717) is 31.2 Å². The second kappa shape index (κ2) is 7.61. The van der Waals surface area contributed by atoms with Crippen LogP contribution in [0.4, 0.5) is 0 Å². The summed E-state index contributed by atoms with van der Waals surface area (Å²) < 4.78 is 5.32. The number of carbonyl (C=O) groups is 1. The summed E-state index contributed by atoms with van der Waals surface area (Å²) in [4.78, 5) is 19.8. The molecule has 0 fully saturated rings. The van der Waals surface area contributed by atoms with Gasteiger partial charge in [0.2, 0.25) is 17.6 Å². The van der Waals surface area contributed by atoms with Gasteiger partial charge in [0.1, 0.15) is 0 Å². The number of rotatable bonds is 6. The molecule has 25 heavy (non-hydrogen) atoms. The van der Waals surface area contributed by atoms with Gasteiger partial charge in [-0.15, -0.1) is 11.3 Å². The first-order chi connectivity index (χ1) is 12.1. The van der Waals surface area contributed by atoms with E-state index in [4.69, 9.17) is 4.52 Å². The molecule has 0 aliphatic heterocycles. The highest BCUT2D eigenvalue weighted by Crippen LogP contribution is 2.21. The Kier molecular flexibility index (Phi) is 5.28. The normalized spacial score (nSPS) is 10.8. The Bertz CT molecular complexity index is 855. The highest BCUT2D eigenvalue weighted by molar-refractivity contribution is 7.13. The molecule has 0 aliphatic carbocycles. The number of hydrogen-bond acceptors (Lipinski definition) is 5. The summed E-state index contributed by atoms with van der Waals surface area (Å²) in [6.45, 7) is 6.95. The zero-order valence-corrected chi connectivity index (χ0v) is 15.5. The van der Waals surface area contributed by atoms with Gasteiger partial charge in [0.15, 0.2) is 0 Å². The van der Waals surface area contributed by atoms with Gasteiger partial charge in [0, 0.05) is 6.54 Å². The van der Waals surface area contributed by atoms with Gasteiger partial charge in [0.25, 0.3) is 0 Å². The van der Waals surface area contributed by atoms with Gasteiger partial charge in [-0.3, -0.25) is 4.79 Å². The molecule has 0 N–H and O–H groups in total. The maximum Gasteiger partial charge on any atom is 0.246 e. The lowest BCUT2D eigenvalue weighted by Gasteiger charge is -2.19. The molecule has 0 radical (unpaired) electrons. The molecule has 2 aromatic heterocycles. The van der Waals surface area contributed by atoms with E-state index in [9.17, 15) is 4.79 Å². The number of carbonyl (C=O) groups excluding carboxylic acids is 1. The Morgan fingerprint density at radius 3 is 2.84 bits per heavy atom. The van der Waals surface area contributed by atoms with E-state index >= 15 is 0 Å². The largest absolute Gasteiger partial charge is 0.337 e. The molecular weight excluding hydrogens is 334 g/mol. The zero-order valence-electron chi connectivity index (χ0n) is 14.7. The fraction of sp³-hybridized carbons (Fsp3) is 0.316. The topological polar surface area (TPSA) is 59.2 Å². The molecule has 6 heteroatoms. The molecule has 0 saturated heterocycles. The van der Waals surface area contributed by atoms with Crippen molar-refractivity contribution in [2.45, 2.75) is 33.7 Å². The highest BCUT2D eigenvalue weighted by atomic mass is 32.1. The first kappa shape index (κ1) is 17.4. The van der Waals surface area contributed by atoms with E-state index < -0.39 is 0 Å². The van der Waals surface area contributed by atoms with E-state index in [-0.39, 0.29) is 5.91 Å². The van der Waals surface area contributed by atoms with Crippen molar-refractivity contribution in [2.24, 2.45) is 0 Å². The Morgan fingerprint density at radius 2 is 2.12 bits per heavy atom. The third-order valence-corrected chi connectivity index (χ3v) is 4.98. The van der Waals surface area contributed by atoms with Crippen molar-refractivity contribution >= 4 is 17.2 Å². The average Bonchev–Trinajstić information content (AvgIpc) is 3.27. The second-order valence-electron chi connectivity index (χ2n) is 6.00. The maximum atomic E-state index is 12.7. The lowest BCUT2D eigenvalue weighted by Crippen LogP contribution is -2.32. The van der Waals surface area contributed by atoms with Crippen LogP contribution in [0.3, 0.4) is 0 Å². The summed E-state index contributed by atoms with van der Waals surface area (Å²) >= 11 is 1.56. The van der Waals surface area contributed by atoms with Crippen LogP contribution in [-0.2, 0) is 17.8 Å². The molecule has 3 rings (SSSR count). The number of aryl methyl sites for hydroxylation is 2. The Balaban J connectivity index is 1.69.